The van der Waals surface area contributed by atoms with Crippen molar-refractivity contribution in [3.05, 3.63) is 90.6 Å². The minimum absolute atomic E-state index is 0.338. The molecule has 6 heteroatoms. The molecule has 0 aliphatic heterocycles. The van der Waals surface area contributed by atoms with Crippen molar-refractivity contribution in [3.8, 4) is 11.3 Å². The van der Waals surface area contributed by atoms with Gasteiger partial charge in [-0.1, -0.05) is 50.6 Å². The molecule has 0 radical (unpaired) electrons. The lowest BCUT2D eigenvalue weighted by Crippen LogP contribution is -2.23. The first-order chi connectivity index (χ1) is 16.6. The lowest BCUT2D eigenvalue weighted by molar-refractivity contribution is 0.646. The Hall–Kier alpha value is -3.41. The van der Waals surface area contributed by atoms with Crippen LogP contribution in [0.4, 0.5) is 0 Å². The van der Waals surface area contributed by atoms with E-state index in [1.54, 1.807) is 12.4 Å². The second kappa shape index (κ2) is 13.3. The highest BCUT2D eigenvalue weighted by molar-refractivity contribution is 5.57. The molecule has 0 aromatic carbocycles. The molecule has 2 atom stereocenters. The summed E-state index contributed by atoms with van der Waals surface area (Å²) >= 11 is 0. The first-order valence-corrected chi connectivity index (χ1v) is 12.3. The van der Waals surface area contributed by atoms with Crippen molar-refractivity contribution >= 4 is 0 Å². The third-order valence-electron chi connectivity index (χ3n) is 6.04. The van der Waals surface area contributed by atoms with Crippen LogP contribution >= 0.6 is 0 Å². The van der Waals surface area contributed by atoms with Gasteiger partial charge >= 0.3 is 0 Å². The van der Waals surface area contributed by atoms with Gasteiger partial charge in [-0.15, -0.1) is 0 Å². The summed E-state index contributed by atoms with van der Waals surface area (Å²) in [5.41, 5.74) is 9.06. The summed E-state index contributed by atoms with van der Waals surface area (Å²) in [6.07, 6.45) is 25.9. The molecule has 1 aliphatic carbocycles. The fraction of sp³-hybridized carbons (Fsp3) is 0.393. The Morgan fingerprint density at radius 1 is 1.18 bits per heavy atom. The average molecular weight is 459 g/mol. The number of nitrogens with one attached hydrogen (secondary N) is 2. The summed E-state index contributed by atoms with van der Waals surface area (Å²) < 4.78 is 2.09. The number of rotatable bonds is 10. The van der Waals surface area contributed by atoms with E-state index in [9.17, 15) is 0 Å². The lowest BCUT2D eigenvalue weighted by Gasteiger charge is -2.19. The fourth-order valence-electron chi connectivity index (χ4n) is 3.64. The van der Waals surface area contributed by atoms with Gasteiger partial charge in [-0.05, 0) is 56.4 Å². The number of hydrogen-bond acceptors (Lipinski definition) is 5. The minimum atomic E-state index is 0.338. The molecule has 2 heterocycles. The fourth-order valence-corrected chi connectivity index (χ4v) is 3.64. The first kappa shape index (κ1) is 25.2. The monoisotopic (exact) mass is 458 g/mol. The zero-order chi connectivity index (χ0) is 24.2. The molecular formula is C28H38N6. The highest BCUT2D eigenvalue weighted by Gasteiger charge is 2.09. The van der Waals surface area contributed by atoms with Crippen molar-refractivity contribution in [2.45, 2.75) is 65.3 Å². The summed E-state index contributed by atoms with van der Waals surface area (Å²) in [4.78, 5) is 13.6. The molecule has 0 saturated heterocycles. The topological polar surface area (TPSA) is 67.7 Å². The Morgan fingerprint density at radius 3 is 2.82 bits per heavy atom. The van der Waals surface area contributed by atoms with Gasteiger partial charge in [-0.3, -0.25) is 19.6 Å². The van der Waals surface area contributed by atoms with E-state index in [-0.39, 0.29) is 0 Å². The van der Waals surface area contributed by atoms with E-state index in [2.05, 4.69) is 101 Å². The van der Waals surface area contributed by atoms with Crippen LogP contribution < -0.4 is 10.7 Å². The quantitative estimate of drug-likeness (QED) is 0.467. The predicted octanol–water partition coefficient (Wildman–Crippen LogP) is 5.85. The minimum Gasteiger partial charge on any atom is -0.384 e. The van der Waals surface area contributed by atoms with Crippen molar-refractivity contribution in [2.75, 3.05) is 12.0 Å². The van der Waals surface area contributed by atoms with Crippen molar-refractivity contribution in [1.29, 1.82) is 0 Å². The van der Waals surface area contributed by atoms with Crippen LogP contribution in [0.15, 0.2) is 79.3 Å². The van der Waals surface area contributed by atoms with Crippen LogP contribution in [0.25, 0.3) is 11.3 Å². The van der Waals surface area contributed by atoms with E-state index >= 15 is 0 Å². The maximum Gasteiger partial charge on any atom is 0.0900 e. The van der Waals surface area contributed by atoms with Gasteiger partial charge in [0.1, 0.15) is 0 Å². The van der Waals surface area contributed by atoms with Crippen molar-refractivity contribution in [3.63, 3.8) is 0 Å². The normalized spacial score (nSPS) is 16.1. The van der Waals surface area contributed by atoms with E-state index in [4.69, 9.17) is 0 Å². The van der Waals surface area contributed by atoms with Crippen LogP contribution in [0, 0.1) is 0 Å². The number of hydrogen-bond donors (Lipinski definition) is 2. The lowest BCUT2D eigenvalue weighted by atomic mass is 10.1. The number of aromatic nitrogens is 4. The van der Waals surface area contributed by atoms with Crippen LogP contribution in [-0.4, -0.2) is 32.2 Å². The van der Waals surface area contributed by atoms with Crippen LogP contribution in [-0.2, 0) is 6.42 Å². The maximum atomic E-state index is 4.68. The molecule has 0 spiro atoms. The second-order valence-electron chi connectivity index (χ2n) is 8.73. The van der Waals surface area contributed by atoms with E-state index in [0.717, 1.165) is 49.2 Å². The van der Waals surface area contributed by atoms with Gasteiger partial charge < -0.3 is 10.7 Å². The van der Waals surface area contributed by atoms with Gasteiger partial charge in [0.05, 0.1) is 17.6 Å². The third kappa shape index (κ3) is 7.58. The SMILES string of the molecule is CCc1cncc(-c2cn(NCC/C(C)=C/NC3C=CC=CC3)c(C(C)CC)cnccn2)c1. The number of aryl methyl sites for hydroxylation is 1. The Labute approximate surface area is 204 Å². The highest BCUT2D eigenvalue weighted by Crippen LogP contribution is 2.20. The molecule has 0 saturated carbocycles. The van der Waals surface area contributed by atoms with Crippen molar-refractivity contribution in [2.24, 2.45) is 0 Å². The van der Waals surface area contributed by atoms with Crippen molar-refractivity contribution < 1.29 is 0 Å². The Kier molecular flexibility index (Phi) is 9.89. The van der Waals surface area contributed by atoms with Crippen molar-refractivity contribution in [1.82, 2.24) is 24.9 Å². The molecule has 0 amide bonds. The van der Waals surface area contributed by atoms with Crippen LogP contribution in [0.5, 0.6) is 0 Å². The molecule has 2 aromatic heterocycles. The Balaban J connectivity index is 1.84. The molecular weight excluding hydrogens is 420 g/mol. The summed E-state index contributed by atoms with van der Waals surface area (Å²) in [6, 6.07) is 2.53. The Bertz CT molecular complexity index is 1060. The predicted molar refractivity (Wildman–Crippen MR) is 141 cm³/mol. The molecule has 2 unspecified atom stereocenters. The second-order valence-corrected chi connectivity index (χ2v) is 8.73. The molecule has 180 valence electrons. The van der Waals surface area contributed by atoms with Crippen LogP contribution in [0.1, 0.15) is 64.1 Å². The third-order valence-corrected chi connectivity index (χ3v) is 6.04. The largest absolute Gasteiger partial charge is 0.384 e. The van der Waals surface area contributed by atoms with Gasteiger partial charge in [0.25, 0.3) is 0 Å². The van der Waals surface area contributed by atoms with Gasteiger partial charge in [0, 0.05) is 49.1 Å². The summed E-state index contributed by atoms with van der Waals surface area (Å²) in [5, 5.41) is 3.50. The summed E-state index contributed by atoms with van der Waals surface area (Å²) in [7, 11) is 0. The van der Waals surface area contributed by atoms with E-state index in [0.29, 0.717) is 12.0 Å². The molecule has 2 aromatic rings. The standard InChI is InChI=1S/C28H38N6/c1-5-23(4)28-20-29-14-15-31-27(25-16-24(6-2)18-30-19-25)21-34(28)33-13-12-22(3)17-32-26-10-8-7-9-11-26/h7-10,14-21,23,26,32-33H,5-6,11-13H2,1-4H3/b22-17+,27-21?,28-20?,29-14?,31-15?. The van der Waals surface area contributed by atoms with Crippen LogP contribution in [0.2, 0.25) is 0 Å². The smallest absolute Gasteiger partial charge is 0.0900 e. The molecule has 1 aliphatic rings. The Morgan fingerprint density at radius 2 is 2.06 bits per heavy atom. The zero-order valence-electron chi connectivity index (χ0n) is 20.9. The molecule has 0 fully saturated rings. The molecule has 3 rings (SSSR count). The van der Waals surface area contributed by atoms with E-state index in [1.165, 1.54) is 11.1 Å². The number of pyridine rings is 1. The van der Waals surface area contributed by atoms with Gasteiger partial charge in [0.15, 0.2) is 0 Å². The molecule has 6 nitrogen and oxygen atoms in total. The van der Waals surface area contributed by atoms with Gasteiger partial charge in [-0.25, -0.2) is 0 Å². The molecule has 34 heavy (non-hydrogen) atoms. The summed E-state index contributed by atoms with van der Waals surface area (Å²) in [5.74, 6) is 0.338. The van der Waals surface area contributed by atoms with E-state index in [1.807, 2.05) is 18.6 Å². The summed E-state index contributed by atoms with van der Waals surface area (Å²) in [6.45, 7) is 9.52. The van der Waals surface area contributed by atoms with Gasteiger partial charge in [-0.2, -0.15) is 0 Å². The molecule has 0 bridgehead atoms. The van der Waals surface area contributed by atoms with Gasteiger partial charge in [0.2, 0.25) is 0 Å². The average Bonchev–Trinajstić information content (AvgIpc) is 2.98. The first-order valence-electron chi connectivity index (χ1n) is 12.3. The van der Waals surface area contributed by atoms with Crippen LogP contribution in [0.3, 0.4) is 0 Å². The highest BCUT2D eigenvalue weighted by atomic mass is 15.4. The van der Waals surface area contributed by atoms with E-state index < -0.39 is 0 Å². The zero-order valence-corrected chi connectivity index (χ0v) is 20.9. The maximum absolute atomic E-state index is 4.68. The number of allylic oxidation sites excluding steroid dienone is 2. The molecule has 2 N–H and O–H groups in total. The number of nitrogens with zero attached hydrogens (tertiary/aromatic N) is 4.